The SMILES string of the molecule is CC(C)CCN1CC(CC(C)C)NCC1C. The molecular weight excluding hydrogens is 196 g/mol. The van der Waals surface area contributed by atoms with Crippen LogP contribution in [-0.4, -0.2) is 36.6 Å². The summed E-state index contributed by atoms with van der Waals surface area (Å²) >= 11 is 0. The van der Waals surface area contributed by atoms with Gasteiger partial charge in [0.2, 0.25) is 0 Å². The van der Waals surface area contributed by atoms with Crippen molar-refractivity contribution in [2.24, 2.45) is 11.8 Å². The van der Waals surface area contributed by atoms with E-state index in [1.54, 1.807) is 0 Å². The van der Waals surface area contributed by atoms with Crippen LogP contribution in [0.1, 0.15) is 47.5 Å². The number of piperazine rings is 1. The van der Waals surface area contributed by atoms with Crippen LogP contribution in [0.15, 0.2) is 0 Å². The van der Waals surface area contributed by atoms with E-state index in [0.29, 0.717) is 12.1 Å². The Morgan fingerprint density at radius 3 is 2.44 bits per heavy atom. The molecule has 1 aliphatic heterocycles. The van der Waals surface area contributed by atoms with Crippen molar-refractivity contribution in [3.8, 4) is 0 Å². The Bertz CT molecular complexity index is 189. The van der Waals surface area contributed by atoms with Crippen LogP contribution in [0.3, 0.4) is 0 Å². The van der Waals surface area contributed by atoms with E-state index in [-0.39, 0.29) is 0 Å². The van der Waals surface area contributed by atoms with Crippen LogP contribution in [0, 0.1) is 11.8 Å². The molecule has 16 heavy (non-hydrogen) atoms. The molecule has 0 aromatic rings. The second-order valence-electron chi connectivity index (χ2n) is 6.26. The number of hydrogen-bond donors (Lipinski definition) is 1. The fraction of sp³-hybridized carbons (Fsp3) is 1.00. The van der Waals surface area contributed by atoms with E-state index in [2.05, 4.69) is 44.8 Å². The highest BCUT2D eigenvalue weighted by atomic mass is 15.2. The van der Waals surface area contributed by atoms with Gasteiger partial charge in [0.05, 0.1) is 0 Å². The second-order valence-corrected chi connectivity index (χ2v) is 6.26. The summed E-state index contributed by atoms with van der Waals surface area (Å²) in [6, 6.07) is 1.42. The first-order valence-corrected chi connectivity index (χ1v) is 6.96. The van der Waals surface area contributed by atoms with Crippen LogP contribution >= 0.6 is 0 Å². The molecule has 1 heterocycles. The van der Waals surface area contributed by atoms with Crippen molar-refractivity contribution in [2.45, 2.75) is 59.5 Å². The van der Waals surface area contributed by atoms with Crippen LogP contribution in [0.25, 0.3) is 0 Å². The van der Waals surface area contributed by atoms with E-state index < -0.39 is 0 Å². The van der Waals surface area contributed by atoms with Gasteiger partial charge in [-0.25, -0.2) is 0 Å². The number of nitrogens with one attached hydrogen (secondary N) is 1. The summed E-state index contributed by atoms with van der Waals surface area (Å²) in [4.78, 5) is 2.67. The Labute approximate surface area is 102 Å². The maximum absolute atomic E-state index is 3.68. The summed E-state index contributed by atoms with van der Waals surface area (Å²) in [7, 11) is 0. The van der Waals surface area contributed by atoms with Gasteiger partial charge in [0.1, 0.15) is 0 Å². The van der Waals surface area contributed by atoms with Gasteiger partial charge in [-0.05, 0) is 38.1 Å². The molecule has 96 valence electrons. The molecule has 1 saturated heterocycles. The first kappa shape index (κ1) is 14.0. The quantitative estimate of drug-likeness (QED) is 0.775. The third-order valence-electron chi connectivity index (χ3n) is 3.53. The molecule has 0 aromatic heterocycles. The van der Waals surface area contributed by atoms with E-state index in [9.17, 15) is 0 Å². The molecule has 0 bridgehead atoms. The molecule has 0 spiro atoms. The first-order valence-electron chi connectivity index (χ1n) is 6.96. The molecule has 0 aromatic carbocycles. The number of hydrogen-bond acceptors (Lipinski definition) is 2. The zero-order valence-corrected chi connectivity index (χ0v) is 11.8. The maximum atomic E-state index is 3.68. The average Bonchev–Trinajstić information content (AvgIpc) is 2.18. The summed E-state index contributed by atoms with van der Waals surface area (Å²) in [5, 5.41) is 3.68. The van der Waals surface area contributed by atoms with Gasteiger partial charge in [0.15, 0.2) is 0 Å². The van der Waals surface area contributed by atoms with Crippen molar-refractivity contribution in [2.75, 3.05) is 19.6 Å². The highest BCUT2D eigenvalue weighted by Crippen LogP contribution is 2.14. The summed E-state index contributed by atoms with van der Waals surface area (Å²) in [5.74, 6) is 1.63. The fourth-order valence-electron chi connectivity index (χ4n) is 2.46. The smallest absolute Gasteiger partial charge is 0.0198 e. The third-order valence-corrected chi connectivity index (χ3v) is 3.53. The van der Waals surface area contributed by atoms with Gasteiger partial charge < -0.3 is 5.32 Å². The van der Waals surface area contributed by atoms with Crippen molar-refractivity contribution < 1.29 is 0 Å². The molecule has 1 aliphatic rings. The lowest BCUT2D eigenvalue weighted by molar-refractivity contribution is 0.126. The predicted octanol–water partition coefficient (Wildman–Crippen LogP) is 2.74. The van der Waals surface area contributed by atoms with E-state index in [1.807, 2.05) is 0 Å². The van der Waals surface area contributed by atoms with Gasteiger partial charge in [-0.3, -0.25) is 4.90 Å². The highest BCUT2D eigenvalue weighted by Gasteiger charge is 2.24. The normalized spacial score (nSPS) is 27.9. The summed E-state index contributed by atoms with van der Waals surface area (Å²) in [6.45, 7) is 15.3. The van der Waals surface area contributed by atoms with Crippen molar-refractivity contribution in [3.63, 3.8) is 0 Å². The molecule has 0 aliphatic carbocycles. The molecule has 1 fully saturated rings. The summed E-state index contributed by atoms with van der Waals surface area (Å²) < 4.78 is 0. The molecule has 0 radical (unpaired) electrons. The van der Waals surface area contributed by atoms with Crippen molar-refractivity contribution in [3.05, 3.63) is 0 Å². The van der Waals surface area contributed by atoms with E-state index in [4.69, 9.17) is 0 Å². The van der Waals surface area contributed by atoms with Gasteiger partial charge in [-0.2, -0.15) is 0 Å². The van der Waals surface area contributed by atoms with Crippen LogP contribution in [0.4, 0.5) is 0 Å². The Hall–Kier alpha value is -0.0800. The van der Waals surface area contributed by atoms with Crippen LogP contribution in [-0.2, 0) is 0 Å². The standard InChI is InChI=1S/C14H30N2/c1-11(2)6-7-16-10-14(8-12(3)4)15-9-13(16)5/h11-15H,6-10H2,1-5H3. The molecule has 1 N–H and O–H groups in total. The summed E-state index contributed by atoms with van der Waals surface area (Å²) in [5.41, 5.74) is 0. The topological polar surface area (TPSA) is 15.3 Å². The minimum atomic E-state index is 0.710. The molecule has 2 heteroatoms. The molecule has 2 nitrogen and oxygen atoms in total. The van der Waals surface area contributed by atoms with Gasteiger partial charge in [0, 0.05) is 25.2 Å². The van der Waals surface area contributed by atoms with E-state index >= 15 is 0 Å². The van der Waals surface area contributed by atoms with Gasteiger partial charge in [0.25, 0.3) is 0 Å². The van der Waals surface area contributed by atoms with E-state index in [0.717, 1.165) is 18.4 Å². The molecule has 2 atom stereocenters. The Morgan fingerprint density at radius 1 is 1.19 bits per heavy atom. The third kappa shape index (κ3) is 4.84. The maximum Gasteiger partial charge on any atom is 0.0198 e. The molecule has 2 unspecified atom stereocenters. The molecule has 1 rings (SSSR count). The lowest BCUT2D eigenvalue weighted by Crippen LogP contribution is -2.55. The minimum absolute atomic E-state index is 0.710. The highest BCUT2D eigenvalue weighted by molar-refractivity contribution is 4.84. The average molecular weight is 226 g/mol. The van der Waals surface area contributed by atoms with Gasteiger partial charge in [-0.15, -0.1) is 0 Å². The number of rotatable bonds is 5. The largest absolute Gasteiger partial charge is 0.311 e. The minimum Gasteiger partial charge on any atom is -0.311 e. The Balaban J connectivity index is 2.36. The van der Waals surface area contributed by atoms with Crippen molar-refractivity contribution >= 4 is 0 Å². The van der Waals surface area contributed by atoms with Crippen LogP contribution in [0.5, 0.6) is 0 Å². The van der Waals surface area contributed by atoms with Crippen LogP contribution in [0.2, 0.25) is 0 Å². The zero-order valence-electron chi connectivity index (χ0n) is 11.8. The lowest BCUT2D eigenvalue weighted by atomic mass is 9.99. The van der Waals surface area contributed by atoms with Crippen LogP contribution < -0.4 is 5.32 Å². The van der Waals surface area contributed by atoms with Crippen molar-refractivity contribution in [1.82, 2.24) is 10.2 Å². The van der Waals surface area contributed by atoms with Crippen molar-refractivity contribution in [1.29, 1.82) is 0 Å². The lowest BCUT2D eigenvalue weighted by Gasteiger charge is -2.39. The Morgan fingerprint density at radius 2 is 1.88 bits per heavy atom. The second kappa shape index (κ2) is 6.61. The first-order chi connectivity index (χ1) is 7.49. The fourth-order valence-corrected chi connectivity index (χ4v) is 2.46. The van der Waals surface area contributed by atoms with Gasteiger partial charge in [-0.1, -0.05) is 27.7 Å². The summed E-state index contributed by atoms with van der Waals surface area (Å²) in [6.07, 6.45) is 2.64. The monoisotopic (exact) mass is 226 g/mol. The predicted molar refractivity (Wildman–Crippen MR) is 71.7 cm³/mol. The van der Waals surface area contributed by atoms with Gasteiger partial charge >= 0.3 is 0 Å². The Kier molecular flexibility index (Phi) is 5.77. The molecular formula is C14H30N2. The van der Waals surface area contributed by atoms with E-state index in [1.165, 1.54) is 25.9 Å². The molecule has 0 saturated carbocycles. The molecule has 0 amide bonds. The zero-order chi connectivity index (χ0) is 12.1. The number of nitrogens with zero attached hydrogens (tertiary/aromatic N) is 1.